The standard InChI is InChI=1S/C21H45NO3Si/c1-9-18(10-2)26-13-11-12-24-17-14-19(3,4)22(20(5,6)15-17)25-16-21(7,8)23/h17-18,23H,9-16,26H2,1-8H3. The molecule has 26 heavy (non-hydrogen) atoms. The maximum atomic E-state index is 10.0. The van der Waals surface area contributed by atoms with Gasteiger partial charge in [0, 0.05) is 27.2 Å². The van der Waals surface area contributed by atoms with E-state index in [1.807, 2.05) is 0 Å². The third kappa shape index (κ3) is 7.97. The molecule has 0 bridgehead atoms. The van der Waals surface area contributed by atoms with Gasteiger partial charge in [-0.3, -0.25) is 4.84 Å². The van der Waals surface area contributed by atoms with Gasteiger partial charge in [-0.25, -0.2) is 0 Å². The quantitative estimate of drug-likeness (QED) is 0.424. The average molecular weight is 388 g/mol. The fourth-order valence-electron chi connectivity index (χ4n) is 4.34. The van der Waals surface area contributed by atoms with Gasteiger partial charge >= 0.3 is 0 Å². The molecule has 1 N–H and O–H groups in total. The first-order valence-electron chi connectivity index (χ1n) is 10.7. The number of rotatable bonds is 11. The van der Waals surface area contributed by atoms with Gasteiger partial charge in [0.05, 0.1) is 18.3 Å². The zero-order valence-electron chi connectivity index (χ0n) is 18.7. The highest BCUT2D eigenvalue weighted by atomic mass is 28.2. The number of piperidine rings is 1. The first-order valence-corrected chi connectivity index (χ1v) is 12.5. The summed E-state index contributed by atoms with van der Waals surface area (Å²) in [6.45, 7) is 18.3. The second kappa shape index (κ2) is 10.0. The SMILES string of the molecule is CCC(CC)[SiH2]CCCOC1CC(C)(C)N(OCC(C)(C)O)C(C)(C)C1. The summed E-state index contributed by atoms with van der Waals surface area (Å²) in [5, 5.41) is 12.1. The van der Waals surface area contributed by atoms with Crippen molar-refractivity contribution in [1.29, 1.82) is 0 Å². The van der Waals surface area contributed by atoms with Crippen LogP contribution in [0, 0.1) is 0 Å². The molecule has 0 amide bonds. The molecule has 1 heterocycles. The van der Waals surface area contributed by atoms with Gasteiger partial charge in [0.2, 0.25) is 0 Å². The van der Waals surface area contributed by atoms with Crippen LogP contribution in [0.2, 0.25) is 11.6 Å². The molecule has 1 aliphatic rings. The summed E-state index contributed by atoms with van der Waals surface area (Å²) in [5.74, 6) is 0. The zero-order valence-corrected chi connectivity index (χ0v) is 20.1. The fraction of sp³-hybridized carbons (Fsp3) is 1.00. The molecule has 0 atom stereocenters. The van der Waals surface area contributed by atoms with Gasteiger partial charge in [-0.15, -0.1) is 0 Å². The molecule has 1 aliphatic heterocycles. The number of hydroxylamine groups is 2. The van der Waals surface area contributed by atoms with Crippen molar-refractivity contribution in [3.05, 3.63) is 0 Å². The van der Waals surface area contributed by atoms with Crippen molar-refractivity contribution in [2.45, 2.75) is 122 Å². The van der Waals surface area contributed by atoms with Crippen molar-refractivity contribution < 1.29 is 14.7 Å². The van der Waals surface area contributed by atoms with Gasteiger partial charge in [-0.2, -0.15) is 5.06 Å². The highest BCUT2D eigenvalue weighted by Crippen LogP contribution is 2.40. The van der Waals surface area contributed by atoms with Crippen LogP contribution >= 0.6 is 0 Å². The van der Waals surface area contributed by atoms with Crippen LogP contribution in [0.3, 0.4) is 0 Å². The molecule has 0 aromatic rings. The smallest absolute Gasteiger partial charge is 0.0967 e. The maximum Gasteiger partial charge on any atom is 0.0967 e. The molecular formula is C21H45NO3Si. The van der Waals surface area contributed by atoms with Crippen molar-refractivity contribution in [3.63, 3.8) is 0 Å². The third-order valence-corrected chi connectivity index (χ3v) is 8.50. The van der Waals surface area contributed by atoms with Crippen molar-refractivity contribution in [3.8, 4) is 0 Å². The van der Waals surface area contributed by atoms with Crippen LogP contribution in [-0.4, -0.2) is 55.7 Å². The Morgan fingerprint density at radius 1 is 1.12 bits per heavy atom. The fourth-order valence-corrected chi connectivity index (χ4v) is 6.23. The Kier molecular flexibility index (Phi) is 9.28. The van der Waals surface area contributed by atoms with Crippen LogP contribution in [0.4, 0.5) is 0 Å². The normalized spacial score (nSPS) is 21.9. The van der Waals surface area contributed by atoms with Crippen LogP contribution in [-0.2, 0) is 9.57 Å². The molecule has 0 spiro atoms. The van der Waals surface area contributed by atoms with Crippen LogP contribution in [0.25, 0.3) is 0 Å². The molecule has 0 aromatic carbocycles. The summed E-state index contributed by atoms with van der Waals surface area (Å²) in [6, 6.07) is 1.41. The Morgan fingerprint density at radius 2 is 1.65 bits per heavy atom. The van der Waals surface area contributed by atoms with Gasteiger partial charge < -0.3 is 9.84 Å². The minimum atomic E-state index is -0.821. The number of ether oxygens (including phenoxy) is 1. The topological polar surface area (TPSA) is 41.9 Å². The highest BCUT2D eigenvalue weighted by Gasteiger charge is 2.47. The van der Waals surface area contributed by atoms with E-state index in [0.29, 0.717) is 6.61 Å². The van der Waals surface area contributed by atoms with E-state index in [2.05, 4.69) is 46.6 Å². The van der Waals surface area contributed by atoms with Gasteiger partial charge in [0.15, 0.2) is 0 Å². The Labute approximate surface area is 164 Å². The average Bonchev–Trinajstić information content (AvgIpc) is 2.47. The molecular weight excluding hydrogens is 342 g/mol. The molecule has 4 nitrogen and oxygen atoms in total. The molecule has 1 rings (SSSR count). The molecule has 0 unspecified atom stereocenters. The summed E-state index contributed by atoms with van der Waals surface area (Å²) in [6.07, 6.45) is 6.15. The lowest BCUT2D eigenvalue weighted by Gasteiger charge is -2.54. The lowest BCUT2D eigenvalue weighted by molar-refractivity contribution is -0.308. The van der Waals surface area contributed by atoms with E-state index in [0.717, 1.165) is 25.0 Å². The number of nitrogens with zero attached hydrogens (tertiary/aromatic N) is 1. The minimum absolute atomic E-state index is 0.0714. The van der Waals surface area contributed by atoms with E-state index in [9.17, 15) is 5.11 Å². The zero-order chi connectivity index (χ0) is 20.0. The lowest BCUT2D eigenvalue weighted by Crippen LogP contribution is -2.62. The number of hydrogen-bond donors (Lipinski definition) is 1. The predicted octanol–water partition coefficient (Wildman–Crippen LogP) is 4.31. The second-order valence-corrected chi connectivity index (χ2v) is 12.5. The summed E-state index contributed by atoms with van der Waals surface area (Å²) in [5.41, 5.74) is -0.0220. The van der Waals surface area contributed by atoms with Gasteiger partial charge in [0.1, 0.15) is 0 Å². The predicted molar refractivity (Wildman–Crippen MR) is 114 cm³/mol. The van der Waals surface area contributed by atoms with Crippen molar-refractivity contribution in [1.82, 2.24) is 5.06 Å². The molecule has 0 saturated carbocycles. The van der Waals surface area contributed by atoms with Crippen molar-refractivity contribution in [2.75, 3.05) is 13.2 Å². The minimum Gasteiger partial charge on any atom is -0.388 e. The summed E-state index contributed by atoms with van der Waals surface area (Å²) in [4.78, 5) is 6.05. The lowest BCUT2D eigenvalue weighted by atomic mass is 9.80. The first kappa shape index (κ1) is 24.1. The van der Waals surface area contributed by atoms with E-state index in [1.165, 1.54) is 25.3 Å². The van der Waals surface area contributed by atoms with E-state index in [4.69, 9.17) is 9.57 Å². The van der Waals surface area contributed by atoms with Crippen LogP contribution in [0.1, 0.15) is 87.5 Å². The molecule has 156 valence electrons. The highest BCUT2D eigenvalue weighted by molar-refractivity contribution is 6.37. The Morgan fingerprint density at radius 3 is 2.12 bits per heavy atom. The Hall–Kier alpha value is 0.0569. The Balaban J connectivity index is 2.48. The summed E-state index contributed by atoms with van der Waals surface area (Å²) >= 11 is 0. The molecule has 0 aliphatic carbocycles. The van der Waals surface area contributed by atoms with Gasteiger partial charge in [0.25, 0.3) is 0 Å². The monoisotopic (exact) mass is 387 g/mol. The Bertz CT molecular complexity index is 385. The summed E-state index contributed by atoms with van der Waals surface area (Å²) in [7, 11) is 0.0714. The molecule has 0 aromatic heterocycles. The van der Waals surface area contributed by atoms with E-state index in [-0.39, 0.29) is 26.7 Å². The third-order valence-electron chi connectivity index (χ3n) is 5.62. The molecule has 5 heteroatoms. The van der Waals surface area contributed by atoms with Gasteiger partial charge in [-0.1, -0.05) is 38.3 Å². The van der Waals surface area contributed by atoms with Gasteiger partial charge in [-0.05, 0) is 60.8 Å². The first-order chi connectivity index (χ1) is 11.9. The molecule has 1 saturated heterocycles. The summed E-state index contributed by atoms with van der Waals surface area (Å²) < 4.78 is 6.29. The van der Waals surface area contributed by atoms with E-state index in [1.54, 1.807) is 13.8 Å². The van der Waals surface area contributed by atoms with E-state index < -0.39 is 5.60 Å². The van der Waals surface area contributed by atoms with Crippen LogP contribution in [0.15, 0.2) is 0 Å². The largest absolute Gasteiger partial charge is 0.388 e. The number of aliphatic hydroxyl groups is 1. The van der Waals surface area contributed by atoms with Crippen LogP contribution < -0.4 is 0 Å². The maximum absolute atomic E-state index is 10.0. The molecule has 1 fully saturated rings. The van der Waals surface area contributed by atoms with Crippen molar-refractivity contribution in [2.24, 2.45) is 0 Å². The second-order valence-electron chi connectivity index (χ2n) is 10.1. The van der Waals surface area contributed by atoms with E-state index >= 15 is 0 Å². The number of hydrogen-bond acceptors (Lipinski definition) is 4. The van der Waals surface area contributed by atoms with Crippen molar-refractivity contribution >= 4 is 9.52 Å². The van der Waals surface area contributed by atoms with Crippen LogP contribution in [0.5, 0.6) is 0 Å². The molecule has 0 radical (unpaired) electrons.